The van der Waals surface area contributed by atoms with Crippen LogP contribution < -0.4 is 0 Å². The van der Waals surface area contributed by atoms with Gasteiger partial charge in [0.15, 0.2) is 11.4 Å². The first kappa shape index (κ1) is 12.7. The van der Waals surface area contributed by atoms with Crippen molar-refractivity contribution in [2.75, 3.05) is 7.05 Å². The fourth-order valence-electron chi connectivity index (χ4n) is 1.25. The molecule has 6 heteroatoms. The molecule has 1 rings (SSSR count). The van der Waals surface area contributed by atoms with Crippen molar-refractivity contribution in [3.05, 3.63) is 17.7 Å². The third kappa shape index (κ3) is 2.61. The highest BCUT2D eigenvalue weighted by Crippen LogP contribution is 2.06. The highest BCUT2D eigenvalue weighted by atomic mass is 16.2. The highest BCUT2D eigenvalue weighted by Gasteiger charge is 2.16. The van der Waals surface area contributed by atoms with Gasteiger partial charge in [-0.2, -0.15) is 10.5 Å². The molecular formula is C11H13N5O. The average Bonchev–Trinajstić information content (AvgIpc) is 2.69. The van der Waals surface area contributed by atoms with Gasteiger partial charge >= 0.3 is 0 Å². The Hall–Kier alpha value is -2.34. The van der Waals surface area contributed by atoms with Crippen molar-refractivity contribution in [1.82, 2.24) is 14.5 Å². The lowest BCUT2D eigenvalue weighted by Gasteiger charge is -2.21. The Morgan fingerprint density at radius 3 is 2.65 bits per heavy atom. The lowest BCUT2D eigenvalue weighted by atomic mass is 10.3. The van der Waals surface area contributed by atoms with Gasteiger partial charge in [0.25, 0.3) is 0 Å². The van der Waals surface area contributed by atoms with Crippen LogP contribution in [0.1, 0.15) is 25.2 Å². The average molecular weight is 231 g/mol. The van der Waals surface area contributed by atoms with Gasteiger partial charge in [-0.15, -0.1) is 0 Å². The summed E-state index contributed by atoms with van der Waals surface area (Å²) in [6, 6.07) is 3.78. The lowest BCUT2D eigenvalue weighted by molar-refractivity contribution is -0.132. The zero-order valence-electron chi connectivity index (χ0n) is 10.0. The summed E-state index contributed by atoms with van der Waals surface area (Å²) in [6.07, 6.45) is 1.34. The van der Waals surface area contributed by atoms with E-state index in [0.717, 1.165) is 0 Å². The fraction of sp³-hybridized carbons (Fsp3) is 0.455. The van der Waals surface area contributed by atoms with Crippen LogP contribution in [0.4, 0.5) is 0 Å². The molecule has 0 aliphatic carbocycles. The number of rotatable bonds is 3. The molecular weight excluding hydrogens is 218 g/mol. The van der Waals surface area contributed by atoms with Crippen LogP contribution in [0.5, 0.6) is 0 Å². The lowest BCUT2D eigenvalue weighted by Crippen LogP contribution is -2.35. The summed E-state index contributed by atoms with van der Waals surface area (Å²) in [5.74, 6) is -0.126. The Labute approximate surface area is 99.7 Å². The Bertz CT molecular complexity index is 503. The van der Waals surface area contributed by atoms with Crippen molar-refractivity contribution in [1.29, 1.82) is 10.5 Å². The maximum Gasteiger partial charge on any atom is 0.242 e. The number of nitriles is 2. The normalized spacial score (nSPS) is 9.76. The summed E-state index contributed by atoms with van der Waals surface area (Å²) in [5.41, 5.74) is 0.172. The number of hydrogen-bond donors (Lipinski definition) is 0. The molecule has 1 aromatic heterocycles. The van der Waals surface area contributed by atoms with Crippen molar-refractivity contribution >= 4 is 5.91 Å². The van der Waals surface area contributed by atoms with Gasteiger partial charge in [0, 0.05) is 13.1 Å². The van der Waals surface area contributed by atoms with Crippen LogP contribution in [0.2, 0.25) is 0 Å². The Morgan fingerprint density at radius 2 is 2.18 bits per heavy atom. The van der Waals surface area contributed by atoms with E-state index in [2.05, 4.69) is 4.98 Å². The van der Waals surface area contributed by atoms with Gasteiger partial charge in [0.1, 0.15) is 18.7 Å². The Balaban J connectivity index is 2.91. The second kappa shape index (κ2) is 5.13. The molecule has 0 aliphatic rings. The van der Waals surface area contributed by atoms with E-state index in [9.17, 15) is 4.79 Å². The van der Waals surface area contributed by atoms with Gasteiger partial charge in [-0.25, -0.2) is 4.98 Å². The molecule has 0 spiro atoms. The molecule has 0 fully saturated rings. The van der Waals surface area contributed by atoms with Crippen LogP contribution in [-0.2, 0) is 11.3 Å². The number of aromatic nitrogens is 2. The van der Waals surface area contributed by atoms with Crippen molar-refractivity contribution in [3.63, 3.8) is 0 Å². The second-order valence-corrected chi connectivity index (χ2v) is 3.89. The van der Waals surface area contributed by atoms with Crippen LogP contribution in [0.15, 0.2) is 6.33 Å². The number of hydrogen-bond acceptors (Lipinski definition) is 4. The maximum absolute atomic E-state index is 11.8. The number of nitrogens with zero attached hydrogens (tertiary/aromatic N) is 5. The first-order valence-corrected chi connectivity index (χ1v) is 5.12. The predicted octanol–water partition coefficient (Wildman–Crippen LogP) is 0.493. The Kier molecular flexibility index (Phi) is 3.84. The zero-order valence-corrected chi connectivity index (χ0v) is 10.0. The summed E-state index contributed by atoms with van der Waals surface area (Å²) in [4.78, 5) is 17.2. The minimum atomic E-state index is -0.126. The van der Waals surface area contributed by atoms with Crippen molar-refractivity contribution < 1.29 is 4.79 Å². The summed E-state index contributed by atoms with van der Waals surface area (Å²) in [7, 11) is 1.70. The molecule has 1 aromatic rings. The minimum Gasteiger partial charge on any atom is -0.342 e. The molecule has 0 bridgehead atoms. The van der Waals surface area contributed by atoms with Gasteiger partial charge in [-0.05, 0) is 13.8 Å². The summed E-state index contributed by atoms with van der Waals surface area (Å²) in [6.45, 7) is 3.82. The number of carbonyl (C=O) groups is 1. The molecule has 0 N–H and O–H groups in total. The van der Waals surface area contributed by atoms with Crippen LogP contribution in [-0.4, -0.2) is 33.4 Å². The fourth-order valence-corrected chi connectivity index (χ4v) is 1.25. The standard InChI is InChI=1S/C11H13N5O/c1-8(2)15(3)11(17)6-16-7-14-9(4-12)10(16)5-13/h7-8H,6H2,1-3H3. The molecule has 17 heavy (non-hydrogen) atoms. The van der Waals surface area contributed by atoms with E-state index in [0.29, 0.717) is 0 Å². The zero-order chi connectivity index (χ0) is 13.0. The third-order valence-electron chi connectivity index (χ3n) is 2.52. The molecule has 0 aliphatic heterocycles. The largest absolute Gasteiger partial charge is 0.342 e. The second-order valence-electron chi connectivity index (χ2n) is 3.89. The number of likely N-dealkylation sites (N-methyl/N-ethyl adjacent to an activating group) is 1. The minimum absolute atomic E-state index is 0.0201. The molecule has 0 unspecified atom stereocenters. The van der Waals surface area contributed by atoms with E-state index in [1.165, 1.54) is 10.9 Å². The SMILES string of the molecule is CC(C)N(C)C(=O)Cn1cnc(C#N)c1C#N. The van der Waals surface area contributed by atoms with E-state index in [-0.39, 0.29) is 29.9 Å². The van der Waals surface area contributed by atoms with Gasteiger partial charge in [0.2, 0.25) is 5.91 Å². The summed E-state index contributed by atoms with van der Waals surface area (Å²) in [5, 5.41) is 17.6. The highest BCUT2D eigenvalue weighted by molar-refractivity contribution is 5.76. The monoisotopic (exact) mass is 231 g/mol. The van der Waals surface area contributed by atoms with E-state index in [1.807, 2.05) is 26.0 Å². The van der Waals surface area contributed by atoms with E-state index < -0.39 is 0 Å². The van der Waals surface area contributed by atoms with Crippen molar-refractivity contribution in [3.8, 4) is 12.1 Å². The Morgan fingerprint density at radius 1 is 1.53 bits per heavy atom. The molecule has 0 atom stereocenters. The molecule has 0 aromatic carbocycles. The van der Waals surface area contributed by atoms with E-state index in [4.69, 9.17) is 10.5 Å². The topological polar surface area (TPSA) is 85.7 Å². The summed E-state index contributed by atoms with van der Waals surface area (Å²) >= 11 is 0. The molecule has 0 saturated carbocycles. The molecule has 0 radical (unpaired) electrons. The smallest absolute Gasteiger partial charge is 0.242 e. The molecule has 88 valence electrons. The number of carbonyl (C=O) groups excluding carboxylic acids is 1. The van der Waals surface area contributed by atoms with Gasteiger partial charge in [0.05, 0.1) is 6.33 Å². The maximum atomic E-state index is 11.8. The van der Waals surface area contributed by atoms with Crippen LogP contribution in [0.3, 0.4) is 0 Å². The first-order chi connectivity index (χ1) is 8.01. The third-order valence-corrected chi connectivity index (χ3v) is 2.52. The van der Waals surface area contributed by atoms with E-state index in [1.54, 1.807) is 11.9 Å². The first-order valence-electron chi connectivity index (χ1n) is 5.12. The molecule has 1 amide bonds. The van der Waals surface area contributed by atoms with Gasteiger partial charge in [-0.3, -0.25) is 4.79 Å². The van der Waals surface area contributed by atoms with Gasteiger partial charge in [-0.1, -0.05) is 0 Å². The molecule has 6 nitrogen and oxygen atoms in total. The van der Waals surface area contributed by atoms with Crippen LogP contribution in [0, 0.1) is 22.7 Å². The number of imidazole rings is 1. The van der Waals surface area contributed by atoms with Crippen molar-refractivity contribution in [2.24, 2.45) is 0 Å². The predicted molar refractivity (Wildman–Crippen MR) is 59.6 cm³/mol. The number of amides is 1. The quantitative estimate of drug-likeness (QED) is 0.757. The van der Waals surface area contributed by atoms with Crippen LogP contribution >= 0.6 is 0 Å². The van der Waals surface area contributed by atoms with Gasteiger partial charge < -0.3 is 9.47 Å². The van der Waals surface area contributed by atoms with Crippen LogP contribution in [0.25, 0.3) is 0 Å². The van der Waals surface area contributed by atoms with Crippen molar-refractivity contribution in [2.45, 2.75) is 26.4 Å². The van der Waals surface area contributed by atoms with E-state index >= 15 is 0 Å². The molecule has 0 saturated heterocycles. The summed E-state index contributed by atoms with van der Waals surface area (Å²) < 4.78 is 1.39. The molecule has 1 heterocycles.